The van der Waals surface area contributed by atoms with Crippen molar-refractivity contribution in [3.63, 3.8) is 0 Å². The van der Waals surface area contributed by atoms with Crippen molar-refractivity contribution in [3.8, 4) is 22.6 Å². The zero-order valence-electron chi connectivity index (χ0n) is 40.3. The fourth-order valence-electron chi connectivity index (χ4n) is 11.8. The van der Waals surface area contributed by atoms with Crippen molar-refractivity contribution in [2.45, 2.75) is 69.4 Å². The third-order valence-corrected chi connectivity index (χ3v) is 16.1. The number of primary amides is 1. The summed E-state index contributed by atoms with van der Waals surface area (Å²) in [6, 6.07) is 19.3. The molecule has 4 fully saturated rings. The SMILES string of the molecule is COc1ccc(C(N)=O)c(-c2c(Cl)c(F)cc3c2[C@H](C)[C@@](CNC2CCN(CC4CCN(C(=O)C5CCN(c6cccc7c(N8CCC(=O)NC8=O)nn(C)c67)CC5)CC4)CC2)(c2ccccc2)O3)c1F. The highest BCUT2D eigenvalue weighted by Gasteiger charge is 2.50. The van der Waals surface area contributed by atoms with E-state index in [9.17, 15) is 19.2 Å². The average Bonchev–Trinajstić information content (AvgIpc) is 3.86. The number of carbonyl (C=O) groups is 4. The number of piperidine rings is 3. The van der Waals surface area contributed by atoms with Gasteiger partial charge in [0, 0.05) is 105 Å². The number of nitrogens with zero attached hydrogens (tertiary/aromatic N) is 6. The number of aromatic nitrogens is 2. The predicted molar refractivity (Wildman–Crippen MR) is 267 cm³/mol. The Morgan fingerprint density at radius 3 is 2.35 bits per heavy atom. The average molecular weight is 993 g/mol. The fourth-order valence-corrected chi connectivity index (χ4v) is 12.1. The summed E-state index contributed by atoms with van der Waals surface area (Å²) in [5.41, 5.74) is 7.62. The van der Waals surface area contributed by atoms with E-state index in [1.54, 1.807) is 4.68 Å². The standard InChI is InChI=1S/C53H60ClF2N9O6/c1-31-43-41(28-38(55)46(54)45(43)44-36(49(57)67)12-13-40(70-3)47(44)56)71-53(31,34-8-5-4-6-9-34)30-58-35-18-21-62(22-19-35)29-32-14-23-64(24-15-32)51(68)33-16-25-63(26-17-33)39-11-7-10-37-48(39)61(2)60-50(37)65-27-20-42(66)59-52(65)69/h4-13,28,31-33,35,58H,14-27,29-30H2,1-3H3,(H2,57,67)(H,59,66,69)/t31-,53-/m0/s1. The molecule has 6 heterocycles. The molecule has 18 heteroatoms. The quantitative estimate of drug-likeness (QED) is 0.115. The molecule has 5 aliphatic rings. The van der Waals surface area contributed by atoms with Gasteiger partial charge in [0.2, 0.25) is 17.7 Å². The number of hydrogen-bond donors (Lipinski definition) is 3. The van der Waals surface area contributed by atoms with Crippen molar-refractivity contribution in [1.82, 2.24) is 30.2 Å². The summed E-state index contributed by atoms with van der Waals surface area (Å²) < 4.78 is 45.9. The number of likely N-dealkylation sites (tertiary alicyclic amines) is 2. The molecule has 0 saturated carbocycles. The number of amides is 5. The number of imide groups is 1. The molecule has 0 bridgehead atoms. The van der Waals surface area contributed by atoms with E-state index in [4.69, 9.17) is 31.9 Å². The van der Waals surface area contributed by atoms with Crippen LogP contribution in [0.3, 0.4) is 0 Å². The number of hydrogen-bond acceptors (Lipinski definition) is 10. The maximum atomic E-state index is 16.2. The first-order chi connectivity index (χ1) is 34.3. The smallest absolute Gasteiger partial charge is 0.329 e. The van der Waals surface area contributed by atoms with Gasteiger partial charge in [-0.3, -0.25) is 29.3 Å². The molecule has 374 valence electrons. The highest BCUT2D eigenvalue weighted by atomic mass is 35.5. The molecular weight excluding hydrogens is 932 g/mol. The topological polar surface area (TPSA) is 168 Å². The summed E-state index contributed by atoms with van der Waals surface area (Å²) in [5.74, 6) is -2.00. The van der Waals surface area contributed by atoms with E-state index in [0.717, 1.165) is 106 Å². The first-order valence-corrected chi connectivity index (χ1v) is 25.1. The molecule has 5 amide bonds. The molecule has 0 unspecified atom stereocenters. The lowest BCUT2D eigenvalue weighted by Gasteiger charge is -2.40. The minimum Gasteiger partial charge on any atom is -0.494 e. The lowest BCUT2D eigenvalue weighted by atomic mass is 9.77. The fraction of sp³-hybridized carbons (Fsp3) is 0.453. The molecule has 0 radical (unpaired) electrons. The Hall–Kier alpha value is -6.30. The number of benzene rings is 4. The van der Waals surface area contributed by atoms with E-state index in [-0.39, 0.29) is 70.0 Å². The van der Waals surface area contributed by atoms with E-state index < -0.39 is 35.1 Å². The van der Waals surface area contributed by atoms with Gasteiger partial charge in [-0.05, 0) is 87.4 Å². The summed E-state index contributed by atoms with van der Waals surface area (Å²) in [5, 5.41) is 11.4. The molecule has 5 aliphatic heterocycles. The van der Waals surface area contributed by atoms with Crippen LogP contribution in [-0.2, 0) is 22.2 Å². The lowest BCUT2D eigenvalue weighted by Crippen LogP contribution is -2.51. The zero-order valence-corrected chi connectivity index (χ0v) is 41.1. The maximum absolute atomic E-state index is 16.2. The van der Waals surface area contributed by atoms with Crippen molar-refractivity contribution < 1.29 is 37.4 Å². The Bertz CT molecular complexity index is 2880. The monoisotopic (exact) mass is 991 g/mol. The van der Waals surface area contributed by atoms with E-state index in [1.165, 1.54) is 30.2 Å². The first-order valence-electron chi connectivity index (χ1n) is 24.8. The Balaban J connectivity index is 0.733. The largest absolute Gasteiger partial charge is 0.494 e. The highest BCUT2D eigenvalue weighted by molar-refractivity contribution is 6.34. The molecule has 0 spiro atoms. The lowest BCUT2D eigenvalue weighted by molar-refractivity contribution is -0.137. The van der Waals surface area contributed by atoms with E-state index in [0.29, 0.717) is 23.8 Å². The van der Waals surface area contributed by atoms with Crippen molar-refractivity contribution in [2.24, 2.45) is 24.6 Å². The van der Waals surface area contributed by atoms with Gasteiger partial charge < -0.3 is 35.2 Å². The predicted octanol–water partition coefficient (Wildman–Crippen LogP) is 7.33. The molecule has 4 saturated heterocycles. The Kier molecular flexibility index (Phi) is 13.4. The highest BCUT2D eigenvalue weighted by Crippen LogP contribution is 2.56. The number of para-hydroxylation sites is 1. The number of halogens is 3. The molecule has 10 rings (SSSR count). The van der Waals surface area contributed by atoms with Crippen LogP contribution in [0.2, 0.25) is 5.02 Å². The molecule has 5 aromatic rings. The minimum atomic E-state index is -1.03. The molecule has 1 aromatic heterocycles. The minimum absolute atomic E-state index is 0.0152. The third-order valence-electron chi connectivity index (χ3n) is 15.8. The second-order valence-corrected chi connectivity index (χ2v) is 20.1. The molecule has 4 aromatic carbocycles. The van der Waals surface area contributed by atoms with Gasteiger partial charge in [-0.25, -0.2) is 13.6 Å². The van der Waals surface area contributed by atoms with Gasteiger partial charge >= 0.3 is 6.03 Å². The van der Waals surface area contributed by atoms with E-state index in [1.807, 2.05) is 56.4 Å². The molecular formula is C53H60ClF2N9O6. The van der Waals surface area contributed by atoms with Gasteiger partial charge in [0.15, 0.2) is 23.0 Å². The Morgan fingerprint density at radius 2 is 1.66 bits per heavy atom. The summed E-state index contributed by atoms with van der Waals surface area (Å²) in [7, 11) is 3.18. The van der Waals surface area contributed by atoms with Crippen LogP contribution in [0, 0.1) is 23.5 Å². The van der Waals surface area contributed by atoms with Crippen LogP contribution in [-0.4, -0.2) is 115 Å². The Morgan fingerprint density at radius 1 is 0.930 bits per heavy atom. The van der Waals surface area contributed by atoms with E-state index in [2.05, 4.69) is 31.4 Å². The number of rotatable bonds is 12. The number of urea groups is 1. The molecule has 4 N–H and O–H groups in total. The number of fused-ring (bicyclic) bond motifs is 2. The number of aryl methyl sites for hydroxylation is 1. The summed E-state index contributed by atoms with van der Waals surface area (Å²) >= 11 is 6.71. The number of nitrogens with one attached hydrogen (secondary N) is 2. The van der Waals surface area contributed by atoms with Gasteiger partial charge in [0.05, 0.1) is 28.9 Å². The summed E-state index contributed by atoms with van der Waals surface area (Å²) in [6.45, 7) is 8.44. The second kappa shape index (κ2) is 19.7. The van der Waals surface area contributed by atoms with E-state index >= 15 is 8.78 Å². The number of carbonyl (C=O) groups excluding carboxylic acids is 4. The van der Waals surface area contributed by atoms with Crippen LogP contribution in [0.5, 0.6) is 11.5 Å². The molecule has 71 heavy (non-hydrogen) atoms. The van der Waals surface area contributed by atoms with Crippen LogP contribution in [0.1, 0.15) is 79.3 Å². The summed E-state index contributed by atoms with van der Waals surface area (Å²) in [4.78, 5) is 59.5. The normalized spacial score (nSPS) is 21.7. The van der Waals surface area contributed by atoms with Gasteiger partial charge in [0.1, 0.15) is 11.6 Å². The van der Waals surface area contributed by atoms with Crippen LogP contribution in [0.15, 0.2) is 66.7 Å². The first kappa shape index (κ1) is 48.3. The zero-order chi connectivity index (χ0) is 49.7. The number of nitrogens with two attached hydrogens (primary N) is 1. The van der Waals surface area contributed by atoms with Crippen LogP contribution in [0.25, 0.3) is 22.0 Å². The number of anilines is 2. The van der Waals surface area contributed by atoms with Gasteiger partial charge in [-0.2, -0.15) is 5.10 Å². The number of methoxy groups -OCH3 is 1. The molecule has 15 nitrogen and oxygen atoms in total. The van der Waals surface area contributed by atoms with Crippen LogP contribution < -0.4 is 35.6 Å². The number of ether oxygens (including phenoxy) is 2. The van der Waals surface area contributed by atoms with Crippen molar-refractivity contribution >= 4 is 57.8 Å². The molecule has 0 aliphatic carbocycles. The summed E-state index contributed by atoms with van der Waals surface area (Å²) in [6.07, 6.45) is 5.52. The second-order valence-electron chi connectivity index (χ2n) is 19.8. The van der Waals surface area contributed by atoms with Crippen molar-refractivity contribution in [3.05, 3.63) is 100 Å². The van der Waals surface area contributed by atoms with Crippen LogP contribution >= 0.6 is 11.6 Å². The third kappa shape index (κ3) is 8.94. The van der Waals surface area contributed by atoms with Gasteiger partial charge in [-0.15, -0.1) is 0 Å². The Labute approximate surface area is 416 Å². The maximum Gasteiger partial charge on any atom is 0.329 e. The van der Waals surface area contributed by atoms with Crippen molar-refractivity contribution in [2.75, 3.05) is 75.8 Å². The van der Waals surface area contributed by atoms with Crippen LogP contribution in [0.4, 0.5) is 25.1 Å². The molecule has 2 atom stereocenters. The van der Waals surface area contributed by atoms with Gasteiger partial charge in [0.25, 0.3) is 0 Å². The van der Waals surface area contributed by atoms with Gasteiger partial charge in [-0.1, -0.05) is 54.9 Å². The van der Waals surface area contributed by atoms with Crippen molar-refractivity contribution in [1.29, 1.82) is 0 Å².